The van der Waals surface area contributed by atoms with E-state index in [1.165, 1.54) is 0 Å². The van der Waals surface area contributed by atoms with Gasteiger partial charge in [0, 0.05) is 6.54 Å². The Balaban J connectivity index is 1.77. The van der Waals surface area contributed by atoms with Crippen LogP contribution < -0.4 is 5.32 Å². The fourth-order valence-electron chi connectivity index (χ4n) is 2.02. The van der Waals surface area contributed by atoms with Crippen molar-refractivity contribution in [3.63, 3.8) is 0 Å². The number of nitrogens with one attached hydrogen (secondary N) is 1. The summed E-state index contributed by atoms with van der Waals surface area (Å²) in [7, 11) is 0. The first-order chi connectivity index (χ1) is 10.7. The van der Waals surface area contributed by atoms with E-state index < -0.39 is 12.1 Å². The minimum Gasteiger partial charge on any atom is -0.478 e. The van der Waals surface area contributed by atoms with E-state index in [0.29, 0.717) is 18.5 Å². The third kappa shape index (κ3) is 4.63. The highest BCUT2D eigenvalue weighted by Crippen LogP contribution is 2.09. The molecule has 0 atom stereocenters. The summed E-state index contributed by atoms with van der Waals surface area (Å²) in [4.78, 5) is 22.6. The maximum absolute atomic E-state index is 11.6. The molecule has 0 radical (unpaired) electrons. The number of amides is 1. The smallest absolute Gasteiger partial charge is 0.407 e. The third-order valence-electron chi connectivity index (χ3n) is 3.12. The molecule has 2 aromatic carbocycles. The van der Waals surface area contributed by atoms with Crippen molar-refractivity contribution in [2.45, 2.75) is 13.0 Å². The molecule has 0 spiro atoms. The standard InChI is InChI=1S/C17H17NO4/c19-16(20)15-9-5-4-8-14(15)10-11-18-17(21)22-12-13-6-2-1-3-7-13/h1-9H,10-12H2,(H,18,21)(H,19,20). The first-order valence-corrected chi connectivity index (χ1v) is 6.92. The van der Waals surface area contributed by atoms with Crippen LogP contribution in [0.1, 0.15) is 21.5 Å². The first kappa shape index (κ1) is 15.6. The van der Waals surface area contributed by atoms with E-state index in [2.05, 4.69) is 5.32 Å². The lowest BCUT2D eigenvalue weighted by atomic mass is 10.0. The van der Waals surface area contributed by atoms with E-state index in [9.17, 15) is 9.59 Å². The molecule has 0 aliphatic heterocycles. The molecule has 0 aliphatic carbocycles. The average molecular weight is 299 g/mol. The predicted octanol–water partition coefficient (Wildman–Crippen LogP) is 2.85. The van der Waals surface area contributed by atoms with E-state index >= 15 is 0 Å². The summed E-state index contributed by atoms with van der Waals surface area (Å²) in [6.45, 7) is 0.524. The van der Waals surface area contributed by atoms with Gasteiger partial charge < -0.3 is 15.2 Å². The normalized spacial score (nSPS) is 10.0. The summed E-state index contributed by atoms with van der Waals surface area (Å²) in [5.74, 6) is -0.970. The number of ether oxygens (including phenoxy) is 1. The van der Waals surface area contributed by atoms with Gasteiger partial charge >= 0.3 is 12.1 Å². The summed E-state index contributed by atoms with van der Waals surface area (Å²) in [5, 5.41) is 11.7. The van der Waals surface area contributed by atoms with Crippen LogP contribution in [0, 0.1) is 0 Å². The van der Waals surface area contributed by atoms with Crippen LogP contribution in [-0.2, 0) is 17.8 Å². The molecule has 0 aromatic heterocycles. The monoisotopic (exact) mass is 299 g/mol. The molecule has 0 saturated heterocycles. The van der Waals surface area contributed by atoms with Gasteiger partial charge in [0.25, 0.3) is 0 Å². The molecule has 0 heterocycles. The van der Waals surface area contributed by atoms with Gasteiger partial charge in [-0.05, 0) is 23.6 Å². The van der Waals surface area contributed by atoms with Crippen LogP contribution in [-0.4, -0.2) is 23.7 Å². The van der Waals surface area contributed by atoms with Crippen molar-refractivity contribution in [1.29, 1.82) is 0 Å². The van der Waals surface area contributed by atoms with Crippen molar-refractivity contribution in [1.82, 2.24) is 5.32 Å². The molecule has 0 aliphatic rings. The molecule has 0 fully saturated rings. The fraction of sp³-hybridized carbons (Fsp3) is 0.176. The number of rotatable bonds is 6. The second-order valence-electron chi connectivity index (χ2n) is 4.70. The van der Waals surface area contributed by atoms with Crippen LogP contribution in [0.3, 0.4) is 0 Å². The van der Waals surface area contributed by atoms with E-state index in [1.807, 2.05) is 30.3 Å². The molecule has 2 aromatic rings. The third-order valence-corrected chi connectivity index (χ3v) is 3.12. The Bertz CT molecular complexity index is 640. The van der Waals surface area contributed by atoms with Crippen LogP contribution in [0.15, 0.2) is 54.6 Å². The number of carbonyl (C=O) groups excluding carboxylic acids is 1. The summed E-state index contributed by atoms with van der Waals surface area (Å²) in [6, 6.07) is 16.1. The first-order valence-electron chi connectivity index (χ1n) is 6.92. The van der Waals surface area contributed by atoms with Crippen molar-refractivity contribution >= 4 is 12.1 Å². The Morgan fingerprint density at radius 1 is 1.00 bits per heavy atom. The Labute approximate surface area is 128 Å². The van der Waals surface area contributed by atoms with Gasteiger partial charge in [-0.15, -0.1) is 0 Å². The van der Waals surface area contributed by atoms with Crippen molar-refractivity contribution in [3.8, 4) is 0 Å². The molecule has 0 unspecified atom stereocenters. The van der Waals surface area contributed by atoms with Crippen LogP contribution in [0.2, 0.25) is 0 Å². The molecule has 22 heavy (non-hydrogen) atoms. The van der Waals surface area contributed by atoms with Crippen molar-refractivity contribution in [2.24, 2.45) is 0 Å². The zero-order chi connectivity index (χ0) is 15.8. The Morgan fingerprint density at radius 3 is 2.41 bits per heavy atom. The number of benzene rings is 2. The zero-order valence-corrected chi connectivity index (χ0v) is 12.0. The zero-order valence-electron chi connectivity index (χ0n) is 12.0. The quantitative estimate of drug-likeness (QED) is 0.860. The molecule has 2 rings (SSSR count). The lowest BCUT2D eigenvalue weighted by molar-refractivity contribution is 0.0695. The molecule has 5 heteroatoms. The Hall–Kier alpha value is -2.82. The second kappa shape index (κ2) is 7.83. The van der Waals surface area contributed by atoms with E-state index in [-0.39, 0.29) is 12.2 Å². The molecule has 5 nitrogen and oxygen atoms in total. The SMILES string of the molecule is O=C(NCCc1ccccc1C(=O)O)OCc1ccccc1. The van der Waals surface area contributed by atoms with Gasteiger partial charge in [0.15, 0.2) is 0 Å². The highest BCUT2D eigenvalue weighted by molar-refractivity contribution is 5.89. The highest BCUT2D eigenvalue weighted by atomic mass is 16.5. The number of aromatic carboxylic acids is 1. The number of hydrogen-bond donors (Lipinski definition) is 2. The molecule has 114 valence electrons. The minimum atomic E-state index is -0.970. The van der Waals surface area contributed by atoms with Gasteiger partial charge in [-0.25, -0.2) is 9.59 Å². The number of carboxylic acid groups (broad SMARTS) is 1. The lowest BCUT2D eigenvalue weighted by Gasteiger charge is -2.08. The molecule has 0 bridgehead atoms. The number of hydrogen-bond acceptors (Lipinski definition) is 3. The van der Waals surface area contributed by atoms with E-state index in [4.69, 9.17) is 9.84 Å². The Kier molecular flexibility index (Phi) is 5.54. The molecule has 2 N–H and O–H groups in total. The fourth-order valence-corrected chi connectivity index (χ4v) is 2.02. The maximum Gasteiger partial charge on any atom is 0.407 e. The molecule has 1 amide bonds. The second-order valence-corrected chi connectivity index (χ2v) is 4.70. The largest absolute Gasteiger partial charge is 0.478 e. The number of carbonyl (C=O) groups is 2. The van der Waals surface area contributed by atoms with Crippen LogP contribution in [0.25, 0.3) is 0 Å². The number of alkyl carbamates (subject to hydrolysis) is 1. The van der Waals surface area contributed by atoms with E-state index in [1.54, 1.807) is 24.3 Å². The van der Waals surface area contributed by atoms with Gasteiger partial charge in [0.2, 0.25) is 0 Å². The highest BCUT2D eigenvalue weighted by Gasteiger charge is 2.09. The number of carboxylic acids is 1. The van der Waals surface area contributed by atoms with Gasteiger partial charge in [0.1, 0.15) is 6.61 Å². The molecule has 0 saturated carbocycles. The van der Waals surface area contributed by atoms with E-state index in [0.717, 1.165) is 5.56 Å². The van der Waals surface area contributed by atoms with Crippen LogP contribution >= 0.6 is 0 Å². The molecular weight excluding hydrogens is 282 g/mol. The maximum atomic E-state index is 11.6. The van der Waals surface area contributed by atoms with Crippen LogP contribution in [0.4, 0.5) is 4.79 Å². The average Bonchev–Trinajstić information content (AvgIpc) is 2.54. The van der Waals surface area contributed by atoms with Gasteiger partial charge in [-0.3, -0.25) is 0 Å². The predicted molar refractivity (Wildman–Crippen MR) is 81.7 cm³/mol. The Morgan fingerprint density at radius 2 is 1.68 bits per heavy atom. The van der Waals surface area contributed by atoms with Gasteiger partial charge in [-0.1, -0.05) is 48.5 Å². The van der Waals surface area contributed by atoms with Crippen molar-refractivity contribution < 1.29 is 19.4 Å². The van der Waals surface area contributed by atoms with Gasteiger partial charge in [0.05, 0.1) is 5.56 Å². The summed E-state index contributed by atoms with van der Waals surface area (Å²) in [6.07, 6.45) is -0.0835. The molecular formula is C17H17NO4. The minimum absolute atomic E-state index is 0.207. The summed E-state index contributed by atoms with van der Waals surface area (Å²) in [5.41, 5.74) is 1.84. The lowest BCUT2D eigenvalue weighted by Crippen LogP contribution is -2.26. The summed E-state index contributed by atoms with van der Waals surface area (Å²) < 4.78 is 5.08. The summed E-state index contributed by atoms with van der Waals surface area (Å²) >= 11 is 0. The topological polar surface area (TPSA) is 75.6 Å². The van der Waals surface area contributed by atoms with Crippen molar-refractivity contribution in [3.05, 3.63) is 71.3 Å². The van der Waals surface area contributed by atoms with Crippen molar-refractivity contribution in [2.75, 3.05) is 6.54 Å². The van der Waals surface area contributed by atoms with Crippen LogP contribution in [0.5, 0.6) is 0 Å². The van der Waals surface area contributed by atoms with Gasteiger partial charge in [-0.2, -0.15) is 0 Å².